The van der Waals surface area contributed by atoms with Crippen LogP contribution in [0, 0.1) is 0 Å². The number of carbonyl (C=O) groups excluding carboxylic acids is 1. The average molecular weight is 362 g/mol. The van der Waals surface area contributed by atoms with Crippen molar-refractivity contribution in [3.63, 3.8) is 0 Å². The number of carbonyl (C=O) groups is 1. The van der Waals surface area contributed by atoms with Gasteiger partial charge in [0.1, 0.15) is 9.15 Å². The molecule has 18 heavy (non-hydrogen) atoms. The predicted octanol–water partition coefficient (Wildman–Crippen LogP) is 3.40. The number of ether oxygens (including phenoxy) is 1. The molecule has 1 amide bonds. The number of rotatable bonds is 2. The van der Waals surface area contributed by atoms with Gasteiger partial charge < -0.3 is 15.8 Å². The molecule has 0 fully saturated rings. The van der Waals surface area contributed by atoms with Crippen LogP contribution in [0.1, 0.15) is 33.3 Å². The topological polar surface area (TPSA) is 64.3 Å². The third-order valence-electron chi connectivity index (χ3n) is 2.19. The average Bonchev–Trinajstić information content (AvgIpc) is 2.13. The molecule has 1 rings (SSSR count). The molecule has 3 N–H and O–H groups in total. The number of amides is 1. The van der Waals surface area contributed by atoms with Crippen molar-refractivity contribution >= 4 is 34.4 Å². The Hall–Kier alpha value is -0.980. The largest absolute Gasteiger partial charge is 0.444 e. The van der Waals surface area contributed by atoms with Crippen molar-refractivity contribution in [2.24, 2.45) is 0 Å². The van der Waals surface area contributed by atoms with Gasteiger partial charge in [-0.3, -0.25) is 0 Å². The van der Waals surface area contributed by atoms with Gasteiger partial charge in [-0.05, 0) is 68.0 Å². The Labute approximate surface area is 121 Å². The minimum atomic E-state index is -0.534. The number of nitrogen functional groups attached to an aromatic ring is 1. The number of benzene rings is 1. The van der Waals surface area contributed by atoms with Gasteiger partial charge in [0.25, 0.3) is 0 Å². The van der Waals surface area contributed by atoms with Crippen LogP contribution in [0.5, 0.6) is 0 Å². The van der Waals surface area contributed by atoms with Crippen LogP contribution in [0.25, 0.3) is 0 Å². The van der Waals surface area contributed by atoms with Crippen molar-refractivity contribution in [1.82, 2.24) is 5.32 Å². The molecule has 0 saturated heterocycles. The highest BCUT2D eigenvalue weighted by Crippen LogP contribution is 2.29. The fraction of sp³-hybridized carbons (Fsp3) is 0.462. The molecule has 0 saturated carbocycles. The minimum absolute atomic E-state index is 0.434. The van der Waals surface area contributed by atoms with Gasteiger partial charge in [-0.25, -0.2) is 4.79 Å². The standard InChI is InChI=1S/C13H19IN2O2/c1-12(2,3)18-11(17)16-13(4,14)9-5-7-10(15)8-6-9/h5-8H,15H2,1-4H3,(H,16,17). The maximum absolute atomic E-state index is 11.8. The van der Waals surface area contributed by atoms with E-state index in [1.807, 2.05) is 52.0 Å². The minimum Gasteiger partial charge on any atom is -0.444 e. The van der Waals surface area contributed by atoms with Gasteiger partial charge in [0.15, 0.2) is 0 Å². The molecule has 1 unspecified atom stereocenters. The highest BCUT2D eigenvalue weighted by molar-refractivity contribution is 14.1. The van der Waals surface area contributed by atoms with E-state index in [0.29, 0.717) is 5.69 Å². The van der Waals surface area contributed by atoms with E-state index in [4.69, 9.17) is 10.5 Å². The number of hydrogen-bond donors (Lipinski definition) is 2. The summed E-state index contributed by atoms with van der Waals surface area (Å²) in [4.78, 5) is 11.8. The first kappa shape index (κ1) is 15.1. The van der Waals surface area contributed by atoms with Crippen LogP contribution in [-0.2, 0) is 8.28 Å². The van der Waals surface area contributed by atoms with Crippen LogP contribution in [0.3, 0.4) is 0 Å². The molecular weight excluding hydrogens is 343 g/mol. The fourth-order valence-electron chi connectivity index (χ4n) is 1.36. The summed E-state index contributed by atoms with van der Waals surface area (Å²) in [5.41, 5.74) is 6.80. The van der Waals surface area contributed by atoms with Crippen LogP contribution < -0.4 is 11.1 Å². The first-order chi connectivity index (χ1) is 8.10. The first-order valence-electron chi connectivity index (χ1n) is 5.66. The molecule has 4 nitrogen and oxygen atoms in total. The van der Waals surface area contributed by atoms with Crippen molar-refractivity contribution in [3.05, 3.63) is 29.8 Å². The smallest absolute Gasteiger partial charge is 0.408 e. The normalized spacial score (nSPS) is 14.7. The summed E-state index contributed by atoms with van der Waals surface area (Å²) in [6.45, 7) is 7.41. The summed E-state index contributed by atoms with van der Waals surface area (Å²) in [7, 11) is 0. The second kappa shape index (κ2) is 5.34. The number of hydrogen-bond acceptors (Lipinski definition) is 3. The zero-order chi connectivity index (χ0) is 14.0. The lowest BCUT2D eigenvalue weighted by molar-refractivity contribution is 0.0503. The van der Waals surface area contributed by atoms with Gasteiger partial charge in [-0.1, -0.05) is 12.1 Å². The first-order valence-corrected chi connectivity index (χ1v) is 6.74. The lowest BCUT2D eigenvalue weighted by Crippen LogP contribution is -2.41. The van der Waals surface area contributed by atoms with Crippen molar-refractivity contribution in [2.45, 2.75) is 36.8 Å². The molecule has 0 heterocycles. The number of alkyl halides is 1. The summed E-state index contributed by atoms with van der Waals surface area (Å²) in [5.74, 6) is 0. The van der Waals surface area contributed by atoms with Crippen LogP contribution in [0.2, 0.25) is 0 Å². The van der Waals surface area contributed by atoms with E-state index in [1.165, 1.54) is 0 Å². The van der Waals surface area contributed by atoms with Crippen LogP contribution in [-0.4, -0.2) is 11.7 Å². The van der Waals surface area contributed by atoms with Gasteiger partial charge in [-0.2, -0.15) is 0 Å². The van der Waals surface area contributed by atoms with Crippen molar-refractivity contribution in [2.75, 3.05) is 5.73 Å². The van der Waals surface area contributed by atoms with E-state index in [2.05, 4.69) is 27.9 Å². The highest BCUT2D eigenvalue weighted by Gasteiger charge is 2.27. The predicted molar refractivity (Wildman–Crippen MR) is 81.6 cm³/mol. The summed E-state index contributed by atoms with van der Waals surface area (Å²) < 4.78 is 4.71. The van der Waals surface area contributed by atoms with E-state index < -0.39 is 15.2 Å². The quantitative estimate of drug-likeness (QED) is 0.367. The summed E-state index contributed by atoms with van der Waals surface area (Å²) in [6.07, 6.45) is -0.434. The Morgan fingerprint density at radius 2 is 1.72 bits per heavy atom. The Morgan fingerprint density at radius 1 is 1.22 bits per heavy atom. The molecule has 0 spiro atoms. The molecule has 0 aliphatic heterocycles. The van der Waals surface area contributed by atoms with Crippen molar-refractivity contribution in [3.8, 4) is 0 Å². The Kier molecular flexibility index (Phi) is 4.47. The molecule has 0 bridgehead atoms. The number of nitrogens with one attached hydrogen (secondary N) is 1. The SMILES string of the molecule is CC(C)(C)OC(=O)NC(C)(I)c1ccc(N)cc1. The van der Waals surface area contributed by atoms with E-state index in [9.17, 15) is 4.79 Å². The molecule has 0 radical (unpaired) electrons. The molecule has 0 aromatic heterocycles. The second-order valence-corrected chi connectivity index (χ2v) is 7.41. The third-order valence-corrected chi connectivity index (χ3v) is 3.08. The molecule has 0 aliphatic carbocycles. The monoisotopic (exact) mass is 362 g/mol. The number of anilines is 1. The summed E-state index contributed by atoms with van der Waals surface area (Å²) >= 11 is 2.17. The van der Waals surface area contributed by atoms with E-state index in [1.54, 1.807) is 0 Å². The lowest BCUT2D eigenvalue weighted by atomic mass is 10.1. The van der Waals surface area contributed by atoms with E-state index in [-0.39, 0.29) is 0 Å². The molecule has 1 aromatic carbocycles. The van der Waals surface area contributed by atoms with E-state index in [0.717, 1.165) is 5.56 Å². The Bertz CT molecular complexity index is 422. The molecule has 0 aliphatic rings. The lowest BCUT2D eigenvalue weighted by Gasteiger charge is -2.27. The van der Waals surface area contributed by atoms with Crippen LogP contribution in [0.15, 0.2) is 24.3 Å². The Balaban J connectivity index is 2.75. The molecule has 100 valence electrons. The maximum atomic E-state index is 11.8. The molecule has 1 aromatic rings. The van der Waals surface area contributed by atoms with Gasteiger partial charge in [0, 0.05) is 5.69 Å². The van der Waals surface area contributed by atoms with Crippen LogP contribution >= 0.6 is 22.6 Å². The maximum Gasteiger partial charge on any atom is 0.408 e. The van der Waals surface area contributed by atoms with Gasteiger partial charge in [0.05, 0.1) is 0 Å². The summed E-state index contributed by atoms with van der Waals surface area (Å²) in [6, 6.07) is 7.39. The number of alkyl carbamates (subject to hydrolysis) is 1. The third kappa shape index (κ3) is 4.72. The van der Waals surface area contributed by atoms with Gasteiger partial charge >= 0.3 is 6.09 Å². The van der Waals surface area contributed by atoms with Crippen molar-refractivity contribution in [1.29, 1.82) is 0 Å². The number of nitrogens with two attached hydrogens (primary N) is 1. The summed E-state index contributed by atoms with van der Waals surface area (Å²) in [5, 5.41) is 2.83. The zero-order valence-electron chi connectivity index (χ0n) is 11.1. The Morgan fingerprint density at radius 3 is 2.17 bits per heavy atom. The fourth-order valence-corrected chi connectivity index (χ4v) is 1.94. The van der Waals surface area contributed by atoms with Gasteiger partial charge in [-0.15, -0.1) is 0 Å². The van der Waals surface area contributed by atoms with Gasteiger partial charge in [0.2, 0.25) is 0 Å². The van der Waals surface area contributed by atoms with E-state index >= 15 is 0 Å². The highest BCUT2D eigenvalue weighted by atomic mass is 127. The second-order valence-electron chi connectivity index (χ2n) is 5.25. The van der Waals surface area contributed by atoms with Crippen molar-refractivity contribution < 1.29 is 9.53 Å². The van der Waals surface area contributed by atoms with Crippen LogP contribution in [0.4, 0.5) is 10.5 Å². The molecule has 1 atom stereocenters. The molecular formula is C13H19IN2O2. The molecule has 5 heteroatoms. The number of halogens is 1. The zero-order valence-corrected chi connectivity index (χ0v) is 13.2.